The Morgan fingerprint density at radius 1 is 1.53 bits per heavy atom. The number of rotatable bonds is 4. The van der Waals surface area contributed by atoms with Gasteiger partial charge in [0.2, 0.25) is 5.91 Å². The van der Waals surface area contributed by atoms with Gasteiger partial charge >= 0.3 is 0 Å². The molecule has 2 fully saturated rings. The average Bonchev–Trinajstić information content (AvgIpc) is 2.99. The van der Waals surface area contributed by atoms with Crippen LogP contribution in [0.2, 0.25) is 0 Å². The molecule has 2 aliphatic rings. The molecule has 1 saturated carbocycles. The first kappa shape index (κ1) is 10.9. The van der Waals surface area contributed by atoms with Crippen LogP contribution in [0.15, 0.2) is 0 Å². The molecule has 0 bridgehead atoms. The van der Waals surface area contributed by atoms with E-state index in [1.165, 1.54) is 12.8 Å². The lowest BCUT2D eigenvalue weighted by molar-refractivity contribution is -0.123. The molecule has 1 aliphatic heterocycles. The molecule has 1 unspecified atom stereocenters. The molecule has 3 N–H and O–H groups in total. The van der Waals surface area contributed by atoms with E-state index in [1.807, 2.05) is 6.92 Å². The highest BCUT2D eigenvalue weighted by Crippen LogP contribution is 2.29. The van der Waals surface area contributed by atoms with Crippen LogP contribution in [0, 0.1) is 0 Å². The molecule has 1 amide bonds. The van der Waals surface area contributed by atoms with E-state index in [1.54, 1.807) is 0 Å². The van der Waals surface area contributed by atoms with Crippen LogP contribution < -0.4 is 11.1 Å². The second-order valence-electron chi connectivity index (χ2n) is 4.74. The number of likely N-dealkylation sites (tertiary alicyclic amines) is 1. The highest BCUT2D eigenvalue weighted by Gasteiger charge is 2.34. The van der Waals surface area contributed by atoms with Crippen molar-refractivity contribution in [2.24, 2.45) is 5.73 Å². The summed E-state index contributed by atoms with van der Waals surface area (Å²) >= 11 is 0. The molecule has 15 heavy (non-hydrogen) atoms. The topological polar surface area (TPSA) is 58.4 Å². The molecular formula is C11H21N3O. The van der Waals surface area contributed by atoms with Crippen molar-refractivity contribution in [2.45, 2.75) is 50.7 Å². The van der Waals surface area contributed by atoms with Gasteiger partial charge in [-0.15, -0.1) is 0 Å². The van der Waals surface area contributed by atoms with E-state index in [0.29, 0.717) is 12.5 Å². The number of carbonyl (C=O) groups excluding carboxylic acids is 1. The van der Waals surface area contributed by atoms with Gasteiger partial charge in [-0.25, -0.2) is 0 Å². The van der Waals surface area contributed by atoms with Gasteiger partial charge in [0.1, 0.15) is 0 Å². The molecule has 2 rings (SSSR count). The largest absolute Gasteiger partial charge is 0.351 e. The van der Waals surface area contributed by atoms with Crippen molar-refractivity contribution < 1.29 is 4.79 Å². The van der Waals surface area contributed by atoms with Crippen LogP contribution in [0.25, 0.3) is 0 Å². The minimum absolute atomic E-state index is 0.0140. The average molecular weight is 211 g/mol. The van der Waals surface area contributed by atoms with Gasteiger partial charge in [-0.3, -0.25) is 9.69 Å². The predicted molar refractivity (Wildman–Crippen MR) is 59.4 cm³/mol. The summed E-state index contributed by atoms with van der Waals surface area (Å²) < 4.78 is 0. The zero-order valence-corrected chi connectivity index (χ0v) is 9.41. The van der Waals surface area contributed by atoms with Gasteiger partial charge in [-0.05, 0) is 25.7 Å². The molecule has 4 nitrogen and oxygen atoms in total. The zero-order valence-electron chi connectivity index (χ0n) is 9.41. The summed E-state index contributed by atoms with van der Waals surface area (Å²) in [6.45, 7) is 4.10. The smallest absolute Gasteiger partial charge is 0.237 e. The Kier molecular flexibility index (Phi) is 3.26. The first-order valence-electron chi connectivity index (χ1n) is 6.00. The minimum atomic E-state index is -0.333. The second kappa shape index (κ2) is 4.49. The maximum atomic E-state index is 11.6. The van der Waals surface area contributed by atoms with Crippen molar-refractivity contribution in [1.29, 1.82) is 0 Å². The Bertz CT molecular complexity index is 240. The minimum Gasteiger partial charge on any atom is -0.351 e. The van der Waals surface area contributed by atoms with Gasteiger partial charge in [0, 0.05) is 25.2 Å². The fraction of sp³-hybridized carbons (Fsp3) is 0.909. The van der Waals surface area contributed by atoms with E-state index in [2.05, 4.69) is 10.2 Å². The maximum Gasteiger partial charge on any atom is 0.237 e. The highest BCUT2D eigenvalue weighted by molar-refractivity contribution is 5.81. The van der Waals surface area contributed by atoms with E-state index in [-0.39, 0.29) is 11.9 Å². The van der Waals surface area contributed by atoms with E-state index in [9.17, 15) is 4.79 Å². The second-order valence-corrected chi connectivity index (χ2v) is 4.74. The van der Waals surface area contributed by atoms with Gasteiger partial charge in [-0.2, -0.15) is 0 Å². The van der Waals surface area contributed by atoms with Crippen molar-refractivity contribution in [2.75, 3.05) is 13.1 Å². The van der Waals surface area contributed by atoms with Crippen LogP contribution in [0.5, 0.6) is 0 Å². The van der Waals surface area contributed by atoms with Crippen LogP contribution in [0.3, 0.4) is 0 Å². The first-order chi connectivity index (χ1) is 7.20. The molecule has 2 atom stereocenters. The molecule has 0 aromatic rings. The van der Waals surface area contributed by atoms with Crippen LogP contribution in [0.1, 0.15) is 32.6 Å². The Labute approximate surface area is 91.2 Å². The number of hydrogen-bond acceptors (Lipinski definition) is 3. The summed E-state index contributed by atoms with van der Waals surface area (Å²) in [6, 6.07) is 0.808. The van der Waals surface area contributed by atoms with Crippen LogP contribution >= 0.6 is 0 Å². The summed E-state index contributed by atoms with van der Waals surface area (Å²) in [4.78, 5) is 14.1. The standard InChI is InChI=1S/C11H21N3O/c1-2-10(12)11(15)13-8-5-6-14(7-8)9-3-4-9/h8-10H,2-7,12H2,1H3,(H,13,15)/t8?,10-/m0/s1. The molecule has 1 aliphatic carbocycles. The molecule has 0 radical (unpaired) electrons. The lowest BCUT2D eigenvalue weighted by Crippen LogP contribution is -2.46. The predicted octanol–water partition coefficient (Wildman–Crippen LogP) is 0.0766. The Hall–Kier alpha value is -0.610. The van der Waals surface area contributed by atoms with E-state index >= 15 is 0 Å². The first-order valence-corrected chi connectivity index (χ1v) is 6.00. The van der Waals surface area contributed by atoms with Crippen molar-refractivity contribution in [3.05, 3.63) is 0 Å². The van der Waals surface area contributed by atoms with E-state index in [0.717, 1.165) is 25.6 Å². The molecule has 4 heteroatoms. The van der Waals surface area contributed by atoms with E-state index in [4.69, 9.17) is 5.73 Å². The summed E-state index contributed by atoms with van der Waals surface area (Å²) in [7, 11) is 0. The number of nitrogens with one attached hydrogen (secondary N) is 1. The maximum absolute atomic E-state index is 11.6. The number of hydrogen-bond donors (Lipinski definition) is 2. The number of nitrogens with two attached hydrogens (primary N) is 1. The van der Waals surface area contributed by atoms with Gasteiger partial charge in [0.25, 0.3) is 0 Å². The molecule has 1 heterocycles. The third-order valence-corrected chi connectivity index (χ3v) is 3.41. The molecule has 0 aromatic heterocycles. The summed E-state index contributed by atoms with van der Waals surface area (Å²) in [5, 5.41) is 3.04. The molecule has 0 spiro atoms. The molecule has 1 saturated heterocycles. The van der Waals surface area contributed by atoms with Crippen LogP contribution in [-0.2, 0) is 4.79 Å². The van der Waals surface area contributed by atoms with Gasteiger partial charge in [0.05, 0.1) is 6.04 Å². The Balaban J connectivity index is 1.73. The lowest BCUT2D eigenvalue weighted by atomic mass is 10.2. The zero-order chi connectivity index (χ0) is 10.8. The van der Waals surface area contributed by atoms with Crippen LogP contribution in [0.4, 0.5) is 0 Å². The fourth-order valence-corrected chi connectivity index (χ4v) is 2.17. The normalized spacial score (nSPS) is 29.1. The summed E-state index contributed by atoms with van der Waals surface area (Å²) in [6.07, 6.45) is 4.48. The van der Waals surface area contributed by atoms with Crippen molar-refractivity contribution in [3.63, 3.8) is 0 Å². The SMILES string of the molecule is CC[C@H](N)C(=O)NC1CCN(C2CC2)C1. The van der Waals surface area contributed by atoms with E-state index < -0.39 is 0 Å². The molecule has 86 valence electrons. The number of amides is 1. The van der Waals surface area contributed by atoms with Crippen molar-refractivity contribution >= 4 is 5.91 Å². The Morgan fingerprint density at radius 2 is 2.27 bits per heavy atom. The van der Waals surface area contributed by atoms with Gasteiger partial charge < -0.3 is 11.1 Å². The third kappa shape index (κ3) is 2.69. The third-order valence-electron chi connectivity index (χ3n) is 3.41. The summed E-state index contributed by atoms with van der Waals surface area (Å²) in [5.41, 5.74) is 5.68. The fourth-order valence-electron chi connectivity index (χ4n) is 2.17. The summed E-state index contributed by atoms with van der Waals surface area (Å²) in [5.74, 6) is 0.0140. The van der Waals surface area contributed by atoms with Gasteiger partial charge in [0.15, 0.2) is 0 Å². The quantitative estimate of drug-likeness (QED) is 0.692. The Morgan fingerprint density at radius 3 is 2.87 bits per heavy atom. The highest BCUT2D eigenvalue weighted by atomic mass is 16.2. The lowest BCUT2D eigenvalue weighted by Gasteiger charge is -2.17. The number of carbonyl (C=O) groups is 1. The van der Waals surface area contributed by atoms with Gasteiger partial charge in [-0.1, -0.05) is 6.92 Å². The van der Waals surface area contributed by atoms with Crippen LogP contribution in [-0.4, -0.2) is 42.0 Å². The number of nitrogens with zero attached hydrogens (tertiary/aromatic N) is 1. The van der Waals surface area contributed by atoms with Crippen molar-refractivity contribution in [1.82, 2.24) is 10.2 Å². The molecule has 0 aromatic carbocycles. The van der Waals surface area contributed by atoms with Crippen molar-refractivity contribution in [3.8, 4) is 0 Å². The molecular weight excluding hydrogens is 190 g/mol. The monoisotopic (exact) mass is 211 g/mol.